The van der Waals surface area contributed by atoms with E-state index in [9.17, 15) is 4.79 Å². The van der Waals surface area contributed by atoms with Crippen LogP contribution in [0.2, 0.25) is 0 Å². The Balaban J connectivity index is 1.68. The topological polar surface area (TPSA) is 41.1 Å². The van der Waals surface area contributed by atoms with E-state index in [1.807, 2.05) is 0 Å². The maximum Gasteiger partial charge on any atom is 0.237 e. The first kappa shape index (κ1) is 13.9. The molecule has 1 saturated carbocycles. The van der Waals surface area contributed by atoms with Crippen LogP contribution in [0.3, 0.4) is 0 Å². The van der Waals surface area contributed by atoms with Gasteiger partial charge in [0.1, 0.15) is 0 Å². The Labute approximate surface area is 111 Å². The summed E-state index contributed by atoms with van der Waals surface area (Å²) < 4.78 is 0. The molecule has 2 N–H and O–H groups in total. The van der Waals surface area contributed by atoms with Gasteiger partial charge >= 0.3 is 0 Å². The molecule has 3 heteroatoms. The highest BCUT2D eigenvalue weighted by molar-refractivity contribution is 5.81. The second-order valence-corrected chi connectivity index (χ2v) is 6.51. The second kappa shape index (κ2) is 6.55. The van der Waals surface area contributed by atoms with Crippen LogP contribution in [0.15, 0.2) is 0 Å². The molecule has 1 aliphatic carbocycles. The van der Waals surface area contributed by atoms with Crippen LogP contribution in [0.4, 0.5) is 0 Å². The molecule has 1 saturated heterocycles. The van der Waals surface area contributed by atoms with E-state index in [1.165, 1.54) is 32.1 Å². The van der Waals surface area contributed by atoms with Crippen molar-refractivity contribution in [3.8, 4) is 0 Å². The van der Waals surface area contributed by atoms with E-state index >= 15 is 0 Å². The average molecular weight is 252 g/mol. The van der Waals surface area contributed by atoms with Crippen LogP contribution in [-0.4, -0.2) is 25.0 Å². The fourth-order valence-electron chi connectivity index (χ4n) is 3.21. The zero-order chi connectivity index (χ0) is 13.0. The first-order valence-electron chi connectivity index (χ1n) is 7.66. The third kappa shape index (κ3) is 3.98. The number of carbonyl (C=O) groups excluding carboxylic acids is 1. The Morgan fingerprint density at radius 2 is 1.83 bits per heavy atom. The minimum absolute atomic E-state index is 0.0521. The lowest BCUT2D eigenvalue weighted by atomic mass is 9.83. The van der Waals surface area contributed by atoms with Crippen LogP contribution in [0.25, 0.3) is 0 Å². The zero-order valence-corrected chi connectivity index (χ0v) is 11.9. The molecule has 2 fully saturated rings. The molecule has 1 heterocycles. The highest BCUT2D eigenvalue weighted by atomic mass is 16.2. The minimum Gasteiger partial charge on any atom is -0.354 e. The maximum atomic E-state index is 12.1. The molecule has 0 bridgehead atoms. The lowest BCUT2D eigenvalue weighted by molar-refractivity contribution is -0.124. The number of piperidine rings is 1. The molecular weight excluding hydrogens is 224 g/mol. The molecule has 2 aliphatic rings. The van der Waals surface area contributed by atoms with Crippen LogP contribution in [0.5, 0.6) is 0 Å². The van der Waals surface area contributed by atoms with Crippen molar-refractivity contribution in [2.24, 2.45) is 17.8 Å². The smallest absolute Gasteiger partial charge is 0.237 e. The molecule has 2 atom stereocenters. The Hall–Kier alpha value is -0.570. The van der Waals surface area contributed by atoms with Gasteiger partial charge < -0.3 is 10.6 Å². The van der Waals surface area contributed by atoms with Crippen molar-refractivity contribution in [2.75, 3.05) is 13.1 Å². The summed E-state index contributed by atoms with van der Waals surface area (Å²) >= 11 is 0. The highest BCUT2D eigenvalue weighted by Gasteiger charge is 2.25. The van der Waals surface area contributed by atoms with E-state index in [-0.39, 0.29) is 11.9 Å². The average Bonchev–Trinajstić information content (AvgIpc) is 2.38. The van der Waals surface area contributed by atoms with Crippen molar-refractivity contribution < 1.29 is 4.79 Å². The third-order valence-electron chi connectivity index (χ3n) is 4.68. The summed E-state index contributed by atoms with van der Waals surface area (Å²) in [4.78, 5) is 12.1. The summed E-state index contributed by atoms with van der Waals surface area (Å²) in [6.45, 7) is 6.45. The van der Waals surface area contributed by atoms with Gasteiger partial charge in [0, 0.05) is 6.54 Å². The normalized spacial score (nSPS) is 37.2. The van der Waals surface area contributed by atoms with Gasteiger partial charge in [-0.25, -0.2) is 0 Å². The van der Waals surface area contributed by atoms with Crippen molar-refractivity contribution in [3.05, 3.63) is 0 Å². The molecule has 2 unspecified atom stereocenters. The van der Waals surface area contributed by atoms with Gasteiger partial charge in [0.05, 0.1) is 6.04 Å². The minimum atomic E-state index is 0.0521. The highest BCUT2D eigenvalue weighted by Crippen LogP contribution is 2.27. The SMILES string of the molecule is CC1CCC(CNC(=O)C2CC(C)CCN2)CC1. The summed E-state index contributed by atoms with van der Waals surface area (Å²) in [6, 6.07) is 0.0521. The standard InChI is InChI=1S/C15H28N2O/c1-11-3-5-13(6-4-11)10-17-15(18)14-9-12(2)7-8-16-14/h11-14,16H,3-10H2,1-2H3,(H,17,18). The maximum absolute atomic E-state index is 12.1. The summed E-state index contributed by atoms with van der Waals surface area (Å²) in [5.74, 6) is 2.50. The fourth-order valence-corrected chi connectivity index (χ4v) is 3.21. The second-order valence-electron chi connectivity index (χ2n) is 6.51. The van der Waals surface area contributed by atoms with Crippen molar-refractivity contribution in [2.45, 2.75) is 58.4 Å². The molecule has 1 amide bonds. The number of hydrogen-bond acceptors (Lipinski definition) is 2. The largest absolute Gasteiger partial charge is 0.354 e. The predicted octanol–water partition coefficient (Wildman–Crippen LogP) is 2.32. The molecule has 18 heavy (non-hydrogen) atoms. The van der Waals surface area contributed by atoms with Gasteiger partial charge in [-0.2, -0.15) is 0 Å². The first-order chi connectivity index (χ1) is 8.65. The Kier molecular flexibility index (Phi) is 5.04. The summed E-state index contributed by atoms with van der Waals surface area (Å²) in [6.07, 6.45) is 7.43. The van der Waals surface area contributed by atoms with Gasteiger partial charge in [0.25, 0.3) is 0 Å². The molecule has 0 aromatic rings. The molecular formula is C15H28N2O. The Morgan fingerprint density at radius 1 is 1.11 bits per heavy atom. The fraction of sp³-hybridized carbons (Fsp3) is 0.933. The first-order valence-corrected chi connectivity index (χ1v) is 7.66. The summed E-state index contributed by atoms with van der Waals surface area (Å²) in [5.41, 5.74) is 0. The van der Waals surface area contributed by atoms with E-state index in [0.717, 1.165) is 25.4 Å². The van der Waals surface area contributed by atoms with E-state index in [4.69, 9.17) is 0 Å². The van der Waals surface area contributed by atoms with Crippen molar-refractivity contribution in [1.82, 2.24) is 10.6 Å². The molecule has 0 spiro atoms. The van der Waals surface area contributed by atoms with Gasteiger partial charge in [-0.3, -0.25) is 4.79 Å². The number of rotatable bonds is 3. The van der Waals surface area contributed by atoms with Crippen LogP contribution >= 0.6 is 0 Å². The van der Waals surface area contributed by atoms with Crippen LogP contribution < -0.4 is 10.6 Å². The van der Waals surface area contributed by atoms with Gasteiger partial charge in [-0.15, -0.1) is 0 Å². The van der Waals surface area contributed by atoms with E-state index in [0.29, 0.717) is 11.8 Å². The predicted molar refractivity (Wildman–Crippen MR) is 74.3 cm³/mol. The molecule has 3 nitrogen and oxygen atoms in total. The Morgan fingerprint density at radius 3 is 2.50 bits per heavy atom. The quantitative estimate of drug-likeness (QED) is 0.809. The number of carbonyl (C=O) groups is 1. The van der Waals surface area contributed by atoms with Gasteiger partial charge in [0.15, 0.2) is 0 Å². The van der Waals surface area contributed by atoms with E-state index in [2.05, 4.69) is 24.5 Å². The molecule has 1 aliphatic heterocycles. The Bertz CT molecular complexity index is 272. The van der Waals surface area contributed by atoms with Gasteiger partial charge in [-0.1, -0.05) is 26.7 Å². The lowest BCUT2D eigenvalue weighted by Gasteiger charge is -2.29. The monoisotopic (exact) mass is 252 g/mol. The summed E-state index contributed by atoms with van der Waals surface area (Å²) in [5, 5.41) is 6.49. The number of hydrogen-bond donors (Lipinski definition) is 2. The molecule has 0 radical (unpaired) electrons. The molecule has 104 valence electrons. The number of nitrogens with one attached hydrogen (secondary N) is 2. The van der Waals surface area contributed by atoms with Crippen LogP contribution in [0.1, 0.15) is 52.4 Å². The van der Waals surface area contributed by atoms with Crippen molar-refractivity contribution in [1.29, 1.82) is 0 Å². The lowest BCUT2D eigenvalue weighted by Crippen LogP contribution is -2.49. The summed E-state index contributed by atoms with van der Waals surface area (Å²) in [7, 11) is 0. The molecule has 2 rings (SSSR count). The third-order valence-corrected chi connectivity index (χ3v) is 4.68. The zero-order valence-electron chi connectivity index (χ0n) is 11.9. The molecule has 0 aromatic heterocycles. The van der Waals surface area contributed by atoms with Gasteiger partial charge in [0.2, 0.25) is 5.91 Å². The number of amides is 1. The van der Waals surface area contributed by atoms with E-state index < -0.39 is 0 Å². The van der Waals surface area contributed by atoms with Crippen LogP contribution in [-0.2, 0) is 4.79 Å². The molecule has 0 aromatic carbocycles. The van der Waals surface area contributed by atoms with Gasteiger partial charge in [-0.05, 0) is 50.0 Å². The van der Waals surface area contributed by atoms with Crippen molar-refractivity contribution >= 4 is 5.91 Å². The van der Waals surface area contributed by atoms with E-state index in [1.54, 1.807) is 0 Å². The van der Waals surface area contributed by atoms with Crippen molar-refractivity contribution in [3.63, 3.8) is 0 Å². The van der Waals surface area contributed by atoms with Crippen LogP contribution in [0, 0.1) is 17.8 Å².